The van der Waals surface area contributed by atoms with E-state index >= 15 is 0 Å². The van der Waals surface area contributed by atoms with Crippen molar-refractivity contribution in [2.75, 3.05) is 0 Å². The van der Waals surface area contributed by atoms with Gasteiger partial charge in [-0.1, -0.05) is 0 Å². The first kappa shape index (κ1) is 13.4. The number of aromatic nitrogens is 2. The van der Waals surface area contributed by atoms with Crippen molar-refractivity contribution >= 4 is 15.9 Å². The van der Waals surface area contributed by atoms with Crippen molar-refractivity contribution in [1.29, 1.82) is 0 Å². The third-order valence-electron chi connectivity index (χ3n) is 2.83. The molecule has 0 aliphatic rings. The molecule has 98 valence electrons. The summed E-state index contributed by atoms with van der Waals surface area (Å²) in [5.41, 5.74) is 2.18. The monoisotopic (exact) mass is 311 g/mol. The van der Waals surface area contributed by atoms with Crippen LogP contribution in [0.5, 0.6) is 0 Å². The summed E-state index contributed by atoms with van der Waals surface area (Å²) in [5.74, 6) is 0.937. The van der Waals surface area contributed by atoms with Crippen molar-refractivity contribution in [3.63, 3.8) is 0 Å². The first-order chi connectivity index (χ1) is 8.54. The molecule has 4 nitrogen and oxygen atoms in total. The average Bonchev–Trinajstić information content (AvgIpc) is 2.87. The smallest absolute Gasteiger partial charge is 0.169 e. The predicted molar refractivity (Wildman–Crippen MR) is 74.4 cm³/mol. The van der Waals surface area contributed by atoms with E-state index in [9.17, 15) is 0 Å². The Morgan fingerprint density at radius 2 is 2.22 bits per heavy atom. The number of H-pyrrole nitrogens is 1. The number of aryl methyl sites for hydroxylation is 1. The molecule has 0 radical (unpaired) electrons. The molecule has 18 heavy (non-hydrogen) atoms. The highest BCUT2D eigenvalue weighted by Crippen LogP contribution is 2.20. The van der Waals surface area contributed by atoms with Gasteiger partial charge in [-0.25, -0.2) is 0 Å². The van der Waals surface area contributed by atoms with E-state index in [1.807, 2.05) is 19.1 Å². The lowest BCUT2D eigenvalue weighted by atomic mass is 10.1. The summed E-state index contributed by atoms with van der Waals surface area (Å²) < 4.78 is 6.30. The summed E-state index contributed by atoms with van der Waals surface area (Å²) in [4.78, 5) is 0. The zero-order chi connectivity index (χ0) is 13.1. The molecule has 5 heteroatoms. The van der Waals surface area contributed by atoms with E-state index in [4.69, 9.17) is 4.42 Å². The van der Waals surface area contributed by atoms with Crippen molar-refractivity contribution in [2.24, 2.45) is 0 Å². The Balaban J connectivity index is 1.89. The van der Waals surface area contributed by atoms with E-state index < -0.39 is 0 Å². The molecule has 2 heterocycles. The van der Waals surface area contributed by atoms with Gasteiger partial charge in [-0.05, 0) is 54.9 Å². The third kappa shape index (κ3) is 3.46. The van der Waals surface area contributed by atoms with E-state index in [0.717, 1.165) is 28.2 Å². The van der Waals surface area contributed by atoms with E-state index in [-0.39, 0.29) is 6.04 Å². The zero-order valence-electron chi connectivity index (χ0n) is 10.8. The summed E-state index contributed by atoms with van der Waals surface area (Å²) in [6.45, 7) is 6.26. The van der Waals surface area contributed by atoms with Gasteiger partial charge in [-0.2, -0.15) is 5.10 Å². The van der Waals surface area contributed by atoms with Crippen LogP contribution in [0.2, 0.25) is 0 Å². The third-order valence-corrected chi connectivity index (χ3v) is 3.26. The molecule has 0 saturated carbocycles. The van der Waals surface area contributed by atoms with Crippen molar-refractivity contribution in [3.8, 4) is 0 Å². The molecule has 2 atom stereocenters. The van der Waals surface area contributed by atoms with Gasteiger partial charge in [-0.15, -0.1) is 0 Å². The Morgan fingerprint density at radius 3 is 2.78 bits per heavy atom. The van der Waals surface area contributed by atoms with Crippen LogP contribution < -0.4 is 5.32 Å². The summed E-state index contributed by atoms with van der Waals surface area (Å²) >= 11 is 3.31. The quantitative estimate of drug-likeness (QED) is 0.890. The maximum atomic E-state index is 5.53. The summed E-state index contributed by atoms with van der Waals surface area (Å²) in [7, 11) is 0. The number of nitrogens with one attached hydrogen (secondary N) is 2. The van der Waals surface area contributed by atoms with Crippen LogP contribution in [0.4, 0.5) is 0 Å². The predicted octanol–water partition coefficient (Wildman–Crippen LogP) is 3.36. The Labute approximate surface area is 115 Å². The highest BCUT2D eigenvalue weighted by Gasteiger charge is 2.14. The van der Waals surface area contributed by atoms with Gasteiger partial charge >= 0.3 is 0 Å². The van der Waals surface area contributed by atoms with Crippen molar-refractivity contribution in [3.05, 3.63) is 40.0 Å². The van der Waals surface area contributed by atoms with Crippen molar-refractivity contribution in [1.82, 2.24) is 15.5 Å². The second-order valence-electron chi connectivity index (χ2n) is 4.68. The summed E-state index contributed by atoms with van der Waals surface area (Å²) in [6, 6.07) is 6.49. The van der Waals surface area contributed by atoms with Gasteiger partial charge in [0.1, 0.15) is 5.76 Å². The lowest BCUT2D eigenvalue weighted by Crippen LogP contribution is -2.30. The molecule has 2 aromatic rings. The van der Waals surface area contributed by atoms with Gasteiger partial charge in [0.05, 0.1) is 11.7 Å². The number of nitrogens with zero attached hydrogens (tertiary/aromatic N) is 1. The van der Waals surface area contributed by atoms with E-state index in [1.165, 1.54) is 0 Å². The number of aromatic amines is 1. The minimum Gasteiger partial charge on any atom is -0.453 e. The number of furan rings is 1. The molecule has 0 spiro atoms. The zero-order valence-corrected chi connectivity index (χ0v) is 12.4. The molecule has 0 bridgehead atoms. The highest BCUT2D eigenvalue weighted by molar-refractivity contribution is 9.10. The van der Waals surface area contributed by atoms with Crippen LogP contribution in [0, 0.1) is 6.92 Å². The molecule has 2 N–H and O–H groups in total. The largest absolute Gasteiger partial charge is 0.453 e. The van der Waals surface area contributed by atoms with Crippen LogP contribution in [-0.4, -0.2) is 16.2 Å². The maximum absolute atomic E-state index is 5.53. The maximum Gasteiger partial charge on any atom is 0.169 e. The normalized spacial score (nSPS) is 14.7. The van der Waals surface area contributed by atoms with Crippen LogP contribution in [0.25, 0.3) is 0 Å². The first-order valence-electron chi connectivity index (χ1n) is 6.07. The van der Waals surface area contributed by atoms with Gasteiger partial charge in [0, 0.05) is 18.2 Å². The van der Waals surface area contributed by atoms with Crippen molar-refractivity contribution < 1.29 is 4.42 Å². The molecule has 0 unspecified atom stereocenters. The molecule has 2 aromatic heterocycles. The minimum atomic E-state index is 0.186. The molecule has 0 aliphatic heterocycles. The summed E-state index contributed by atoms with van der Waals surface area (Å²) in [6.07, 6.45) is 0.899. The Hall–Kier alpha value is -1.07. The number of hydrogen-bond donors (Lipinski definition) is 2. The minimum absolute atomic E-state index is 0.186. The highest BCUT2D eigenvalue weighted by atomic mass is 79.9. The topological polar surface area (TPSA) is 53.9 Å². The second-order valence-corrected chi connectivity index (χ2v) is 5.46. The van der Waals surface area contributed by atoms with Gasteiger partial charge in [0.15, 0.2) is 4.67 Å². The molecule has 0 fully saturated rings. The fourth-order valence-corrected chi connectivity index (χ4v) is 2.34. The van der Waals surface area contributed by atoms with Crippen LogP contribution in [0.15, 0.2) is 27.3 Å². The van der Waals surface area contributed by atoms with E-state index in [0.29, 0.717) is 6.04 Å². The van der Waals surface area contributed by atoms with Crippen molar-refractivity contribution in [2.45, 2.75) is 39.3 Å². The lowest BCUT2D eigenvalue weighted by Gasteiger charge is -2.17. The SMILES string of the molecule is Cc1cc(C[C@@H](C)N[C@@H](C)c2ccc(Br)o2)n[nH]1. The number of rotatable bonds is 5. The molecule has 0 amide bonds. The Kier molecular flexibility index (Phi) is 4.24. The van der Waals surface area contributed by atoms with Gasteiger partial charge in [0.25, 0.3) is 0 Å². The van der Waals surface area contributed by atoms with Crippen LogP contribution >= 0.6 is 15.9 Å². The molecule has 2 rings (SSSR count). The van der Waals surface area contributed by atoms with Crippen LogP contribution in [0.1, 0.15) is 37.0 Å². The molecular weight excluding hydrogens is 294 g/mol. The lowest BCUT2D eigenvalue weighted by molar-refractivity contribution is 0.388. The summed E-state index contributed by atoms with van der Waals surface area (Å²) in [5, 5.41) is 10.7. The molecule has 0 aliphatic carbocycles. The molecule has 0 saturated heterocycles. The number of halogens is 1. The van der Waals surface area contributed by atoms with Gasteiger partial charge in [0.2, 0.25) is 0 Å². The van der Waals surface area contributed by atoms with Gasteiger partial charge < -0.3 is 9.73 Å². The van der Waals surface area contributed by atoms with Crippen LogP contribution in [-0.2, 0) is 6.42 Å². The Bertz CT molecular complexity index is 506. The van der Waals surface area contributed by atoms with Crippen LogP contribution in [0.3, 0.4) is 0 Å². The molecule has 0 aromatic carbocycles. The second kappa shape index (κ2) is 5.71. The van der Waals surface area contributed by atoms with E-state index in [2.05, 4.69) is 51.4 Å². The van der Waals surface area contributed by atoms with E-state index in [1.54, 1.807) is 0 Å². The molecular formula is C13H18BrN3O. The average molecular weight is 312 g/mol. The number of hydrogen-bond acceptors (Lipinski definition) is 3. The fourth-order valence-electron chi connectivity index (χ4n) is 2.02. The standard InChI is InChI=1S/C13H18BrN3O/c1-8(6-11-7-9(2)16-17-11)15-10(3)12-4-5-13(14)18-12/h4-5,7-8,10,15H,6H2,1-3H3,(H,16,17)/t8-,10+/m1/s1. The first-order valence-corrected chi connectivity index (χ1v) is 6.86. The fraction of sp³-hybridized carbons (Fsp3) is 0.462. The Morgan fingerprint density at radius 1 is 1.44 bits per heavy atom. The van der Waals surface area contributed by atoms with Gasteiger partial charge in [-0.3, -0.25) is 5.10 Å².